The third-order valence-corrected chi connectivity index (χ3v) is 8.45. The Morgan fingerprint density at radius 1 is 0.762 bits per heavy atom. The van der Waals surface area contributed by atoms with Gasteiger partial charge in [-0.3, -0.25) is 0 Å². The molecule has 0 heterocycles. The van der Waals surface area contributed by atoms with Crippen LogP contribution in [0.2, 0.25) is 5.54 Å². The van der Waals surface area contributed by atoms with Crippen molar-refractivity contribution in [2.24, 2.45) is 0 Å². The van der Waals surface area contributed by atoms with Gasteiger partial charge in [0.15, 0.2) is 0 Å². The monoisotopic (exact) mass is 316 g/mol. The summed E-state index contributed by atoms with van der Waals surface area (Å²) in [5.74, 6) is 0. The van der Waals surface area contributed by atoms with Crippen molar-refractivity contribution in [2.75, 3.05) is 0 Å². The van der Waals surface area contributed by atoms with Gasteiger partial charge in [-0.1, -0.05) is 33.6 Å². The molecule has 1 rings (SSSR count). The molecule has 1 saturated carbocycles. The zero-order valence-corrected chi connectivity index (χ0v) is 16.0. The van der Waals surface area contributed by atoms with Gasteiger partial charge < -0.3 is 13.3 Å². The zero-order chi connectivity index (χ0) is 15.9. The lowest BCUT2D eigenvalue weighted by Gasteiger charge is -2.39. The highest BCUT2D eigenvalue weighted by Gasteiger charge is 2.53. The van der Waals surface area contributed by atoms with Crippen LogP contribution in [0.5, 0.6) is 0 Å². The molecule has 0 aromatic rings. The second kappa shape index (κ2) is 9.28. The van der Waals surface area contributed by atoms with Crippen molar-refractivity contribution in [1.82, 2.24) is 0 Å². The van der Waals surface area contributed by atoms with E-state index in [1.54, 1.807) is 0 Å². The maximum atomic E-state index is 6.51. The highest BCUT2D eigenvalue weighted by atomic mass is 28.4. The Morgan fingerprint density at radius 3 is 1.38 bits per heavy atom. The van der Waals surface area contributed by atoms with Gasteiger partial charge in [0.05, 0.1) is 0 Å². The van der Waals surface area contributed by atoms with E-state index in [0.717, 1.165) is 19.3 Å². The zero-order valence-electron chi connectivity index (χ0n) is 15.0. The largest absolute Gasteiger partial charge is 0.504 e. The van der Waals surface area contributed by atoms with Crippen LogP contribution in [0.3, 0.4) is 0 Å². The van der Waals surface area contributed by atoms with Crippen molar-refractivity contribution in [2.45, 2.75) is 110 Å². The molecule has 1 aliphatic rings. The fourth-order valence-electron chi connectivity index (χ4n) is 2.74. The Hall–Kier alpha value is 0.0969. The number of rotatable bonds is 10. The molecule has 0 amide bonds. The predicted octanol–water partition coefficient (Wildman–Crippen LogP) is 5.31. The van der Waals surface area contributed by atoms with Crippen molar-refractivity contribution < 1.29 is 13.3 Å². The Morgan fingerprint density at radius 2 is 1.10 bits per heavy atom. The Bertz CT molecular complexity index is 248. The van der Waals surface area contributed by atoms with E-state index in [1.165, 1.54) is 25.7 Å². The van der Waals surface area contributed by atoms with Gasteiger partial charge in [0.2, 0.25) is 0 Å². The second-order valence-electron chi connectivity index (χ2n) is 6.60. The molecule has 0 spiro atoms. The van der Waals surface area contributed by atoms with E-state index in [2.05, 4.69) is 41.5 Å². The fourth-order valence-corrected chi connectivity index (χ4v) is 6.78. The van der Waals surface area contributed by atoms with E-state index in [0.29, 0.717) is 5.54 Å². The summed E-state index contributed by atoms with van der Waals surface area (Å²) in [6.45, 7) is 13.0. The minimum atomic E-state index is -2.61. The second-order valence-corrected chi connectivity index (χ2v) is 9.33. The van der Waals surface area contributed by atoms with Crippen LogP contribution >= 0.6 is 0 Å². The highest BCUT2D eigenvalue weighted by molar-refractivity contribution is 6.62. The number of hydrogen-bond acceptors (Lipinski definition) is 3. The molecule has 3 unspecified atom stereocenters. The molecule has 0 aromatic carbocycles. The van der Waals surface area contributed by atoms with Crippen molar-refractivity contribution in [3.8, 4) is 0 Å². The van der Waals surface area contributed by atoms with E-state index in [-0.39, 0.29) is 18.3 Å². The summed E-state index contributed by atoms with van der Waals surface area (Å²) < 4.78 is 19.5. The van der Waals surface area contributed by atoms with Gasteiger partial charge in [0.25, 0.3) is 0 Å². The normalized spacial score (nSPS) is 23.7. The van der Waals surface area contributed by atoms with Crippen LogP contribution in [0.4, 0.5) is 0 Å². The van der Waals surface area contributed by atoms with Crippen molar-refractivity contribution >= 4 is 8.80 Å². The summed E-state index contributed by atoms with van der Waals surface area (Å²) >= 11 is 0. The lowest BCUT2D eigenvalue weighted by atomic mass is 10.3. The van der Waals surface area contributed by atoms with Crippen LogP contribution < -0.4 is 0 Å². The Labute approximate surface area is 133 Å². The smallest absolute Gasteiger partial charge is 0.370 e. The fraction of sp³-hybridized carbons (Fsp3) is 1.00. The molecule has 21 heavy (non-hydrogen) atoms. The molecule has 0 aliphatic heterocycles. The summed E-state index contributed by atoms with van der Waals surface area (Å²) in [5.41, 5.74) is 0.495. The molecule has 126 valence electrons. The molecule has 1 aliphatic carbocycles. The molecule has 0 radical (unpaired) electrons. The van der Waals surface area contributed by atoms with Gasteiger partial charge in [0, 0.05) is 23.9 Å². The number of hydrogen-bond donors (Lipinski definition) is 0. The molecule has 3 nitrogen and oxygen atoms in total. The van der Waals surface area contributed by atoms with Gasteiger partial charge in [-0.25, -0.2) is 0 Å². The van der Waals surface area contributed by atoms with Gasteiger partial charge in [-0.05, 0) is 52.9 Å². The molecule has 0 bridgehead atoms. The predicted molar refractivity (Wildman–Crippen MR) is 90.5 cm³/mol. The summed E-state index contributed by atoms with van der Waals surface area (Å²) in [5, 5.41) is 0. The van der Waals surface area contributed by atoms with E-state index in [9.17, 15) is 0 Å². The van der Waals surface area contributed by atoms with Gasteiger partial charge in [-0.2, -0.15) is 0 Å². The van der Waals surface area contributed by atoms with E-state index in [4.69, 9.17) is 13.3 Å². The Kier molecular flexibility index (Phi) is 8.46. The lowest BCUT2D eigenvalue weighted by Crippen LogP contribution is -2.54. The summed E-state index contributed by atoms with van der Waals surface area (Å²) in [6, 6.07) is 0. The first kappa shape index (κ1) is 19.1. The van der Waals surface area contributed by atoms with Gasteiger partial charge in [0.1, 0.15) is 0 Å². The molecule has 1 fully saturated rings. The van der Waals surface area contributed by atoms with Crippen molar-refractivity contribution in [3.63, 3.8) is 0 Å². The maximum Gasteiger partial charge on any atom is 0.504 e. The van der Waals surface area contributed by atoms with Crippen LogP contribution in [0.25, 0.3) is 0 Å². The first-order valence-corrected chi connectivity index (χ1v) is 10.8. The molecular weight excluding hydrogens is 280 g/mol. The third kappa shape index (κ3) is 5.66. The average Bonchev–Trinajstić information content (AvgIpc) is 3.01. The lowest BCUT2D eigenvalue weighted by molar-refractivity contribution is -0.0182. The van der Waals surface area contributed by atoms with Crippen LogP contribution in [0.1, 0.15) is 86.5 Å². The van der Waals surface area contributed by atoms with Crippen molar-refractivity contribution in [3.05, 3.63) is 0 Å². The molecule has 0 N–H and O–H groups in total. The standard InChI is InChI=1S/C17H36O3Si/c1-7-14(4)18-21(19-15(5)8-2,20-16(6)9-3)17-12-10-11-13-17/h14-17H,7-13H2,1-6H3. The summed E-state index contributed by atoms with van der Waals surface area (Å²) in [7, 11) is -2.61. The van der Waals surface area contributed by atoms with Crippen LogP contribution in [0.15, 0.2) is 0 Å². The molecule has 4 heteroatoms. The first-order chi connectivity index (χ1) is 9.97. The average molecular weight is 317 g/mol. The van der Waals surface area contributed by atoms with Gasteiger partial charge in [-0.15, -0.1) is 0 Å². The van der Waals surface area contributed by atoms with Crippen molar-refractivity contribution in [1.29, 1.82) is 0 Å². The first-order valence-electron chi connectivity index (χ1n) is 9.00. The minimum Gasteiger partial charge on any atom is -0.370 e. The van der Waals surface area contributed by atoms with E-state index in [1.807, 2.05) is 0 Å². The summed E-state index contributed by atoms with van der Waals surface area (Å²) in [4.78, 5) is 0. The van der Waals surface area contributed by atoms with Crippen LogP contribution in [-0.2, 0) is 13.3 Å². The highest BCUT2D eigenvalue weighted by Crippen LogP contribution is 2.42. The van der Waals surface area contributed by atoms with Crippen LogP contribution in [-0.4, -0.2) is 27.1 Å². The van der Waals surface area contributed by atoms with E-state index < -0.39 is 8.80 Å². The van der Waals surface area contributed by atoms with E-state index >= 15 is 0 Å². The van der Waals surface area contributed by atoms with Crippen LogP contribution in [0, 0.1) is 0 Å². The maximum absolute atomic E-state index is 6.51. The van der Waals surface area contributed by atoms with Gasteiger partial charge >= 0.3 is 8.80 Å². The SMILES string of the molecule is CCC(C)O[Si](OC(C)CC)(OC(C)CC)C1CCCC1. The topological polar surface area (TPSA) is 27.7 Å². The molecular formula is C17H36O3Si. The quantitative estimate of drug-likeness (QED) is 0.511. The molecule has 0 saturated heterocycles. The molecule has 3 atom stereocenters. The minimum absolute atomic E-state index is 0.213. The molecule has 0 aromatic heterocycles. The Balaban J connectivity index is 2.98. The third-order valence-electron chi connectivity index (χ3n) is 4.68. The summed E-state index contributed by atoms with van der Waals surface area (Å²) in [6.07, 6.45) is 8.65.